The van der Waals surface area contributed by atoms with Gasteiger partial charge in [0.25, 0.3) is 5.56 Å². The molecule has 0 radical (unpaired) electrons. The SMILES string of the molecule is NNc1nc2nccnc2c(=O)[nH]1.O.O. The zero-order valence-corrected chi connectivity index (χ0v) is 7.48. The van der Waals surface area contributed by atoms with Crippen molar-refractivity contribution >= 4 is 17.1 Å². The molecule has 15 heavy (non-hydrogen) atoms. The Labute approximate surface area is 83.0 Å². The average molecular weight is 214 g/mol. The molecule has 2 heterocycles. The number of nitrogens with two attached hydrogens (primary N) is 1. The molecule has 0 saturated carbocycles. The summed E-state index contributed by atoms with van der Waals surface area (Å²) in [6.45, 7) is 0. The maximum atomic E-state index is 11.3. The van der Waals surface area contributed by atoms with E-state index in [2.05, 4.69) is 25.4 Å². The second kappa shape index (κ2) is 4.95. The lowest BCUT2D eigenvalue weighted by atomic mass is 10.5. The fourth-order valence-electron chi connectivity index (χ4n) is 0.942. The fourth-order valence-corrected chi connectivity index (χ4v) is 0.942. The van der Waals surface area contributed by atoms with Crippen LogP contribution < -0.4 is 16.8 Å². The van der Waals surface area contributed by atoms with E-state index in [0.29, 0.717) is 0 Å². The summed E-state index contributed by atoms with van der Waals surface area (Å²) >= 11 is 0. The third-order valence-electron chi connectivity index (χ3n) is 1.48. The van der Waals surface area contributed by atoms with E-state index >= 15 is 0 Å². The highest BCUT2D eigenvalue weighted by molar-refractivity contribution is 5.68. The van der Waals surface area contributed by atoms with Crippen molar-refractivity contribution in [3.05, 3.63) is 22.7 Å². The molecule has 2 aromatic heterocycles. The van der Waals surface area contributed by atoms with E-state index in [-0.39, 0.29) is 33.6 Å². The van der Waals surface area contributed by atoms with Gasteiger partial charge in [-0.25, -0.2) is 15.8 Å². The van der Waals surface area contributed by atoms with Crippen molar-refractivity contribution in [2.24, 2.45) is 5.84 Å². The maximum absolute atomic E-state index is 11.3. The van der Waals surface area contributed by atoms with Crippen LogP contribution >= 0.6 is 0 Å². The van der Waals surface area contributed by atoms with Gasteiger partial charge < -0.3 is 11.0 Å². The van der Waals surface area contributed by atoms with Gasteiger partial charge in [-0.1, -0.05) is 0 Å². The number of H-pyrrole nitrogens is 1. The summed E-state index contributed by atoms with van der Waals surface area (Å²) in [6, 6.07) is 0. The first-order valence-electron chi connectivity index (χ1n) is 3.49. The number of rotatable bonds is 1. The number of nitrogen functional groups attached to an aromatic ring is 1. The van der Waals surface area contributed by atoms with E-state index in [9.17, 15) is 4.79 Å². The standard InChI is InChI=1S/C6H6N6O.2H2O/c7-12-6-10-4-3(5(13)11-6)8-1-2-9-4;;/h1-2H,7H2,(H2,9,10,11,12,13);2*1H2. The summed E-state index contributed by atoms with van der Waals surface area (Å²) in [7, 11) is 0. The highest BCUT2D eigenvalue weighted by Crippen LogP contribution is 1.99. The zero-order valence-electron chi connectivity index (χ0n) is 7.48. The predicted molar refractivity (Wildman–Crippen MR) is 53.0 cm³/mol. The van der Waals surface area contributed by atoms with Gasteiger partial charge in [0, 0.05) is 12.4 Å². The van der Waals surface area contributed by atoms with Crippen LogP contribution in [0.15, 0.2) is 17.2 Å². The molecule has 0 amide bonds. The second-order valence-corrected chi connectivity index (χ2v) is 2.29. The number of aromatic amines is 1. The van der Waals surface area contributed by atoms with Crippen molar-refractivity contribution in [1.29, 1.82) is 0 Å². The smallest absolute Gasteiger partial charge is 0.280 e. The molecule has 0 fully saturated rings. The minimum absolute atomic E-state index is 0. The van der Waals surface area contributed by atoms with Crippen molar-refractivity contribution in [2.75, 3.05) is 5.43 Å². The lowest BCUT2D eigenvalue weighted by Crippen LogP contribution is -2.17. The Morgan fingerprint density at radius 1 is 1.27 bits per heavy atom. The summed E-state index contributed by atoms with van der Waals surface area (Å²) in [6.07, 6.45) is 2.88. The molecule has 0 saturated heterocycles. The molecule has 0 spiro atoms. The van der Waals surface area contributed by atoms with Gasteiger partial charge in [-0.2, -0.15) is 4.98 Å². The molecular weight excluding hydrogens is 204 g/mol. The molecule has 0 aliphatic heterocycles. The highest BCUT2D eigenvalue weighted by atomic mass is 16.1. The minimum atomic E-state index is -0.369. The van der Waals surface area contributed by atoms with Crippen LogP contribution in [0, 0.1) is 0 Å². The predicted octanol–water partition coefficient (Wildman–Crippen LogP) is -2.65. The first-order chi connectivity index (χ1) is 6.31. The van der Waals surface area contributed by atoms with E-state index in [1.165, 1.54) is 12.4 Å². The Morgan fingerprint density at radius 3 is 2.60 bits per heavy atom. The number of hydrazine groups is 1. The zero-order chi connectivity index (χ0) is 9.26. The lowest BCUT2D eigenvalue weighted by Gasteiger charge is -1.98. The van der Waals surface area contributed by atoms with Gasteiger partial charge in [0.2, 0.25) is 5.95 Å². The van der Waals surface area contributed by atoms with Crippen LogP contribution in [0.3, 0.4) is 0 Å². The Bertz CT molecular complexity index is 497. The maximum Gasteiger partial charge on any atom is 0.280 e. The van der Waals surface area contributed by atoms with Gasteiger partial charge >= 0.3 is 0 Å². The van der Waals surface area contributed by atoms with Crippen molar-refractivity contribution < 1.29 is 11.0 Å². The molecular formula is C6H10N6O3. The van der Waals surface area contributed by atoms with Crippen LogP contribution in [0.5, 0.6) is 0 Å². The molecule has 0 bridgehead atoms. The number of hydrogen-bond acceptors (Lipinski definition) is 6. The quantitative estimate of drug-likeness (QED) is 0.345. The van der Waals surface area contributed by atoms with Crippen molar-refractivity contribution in [2.45, 2.75) is 0 Å². The van der Waals surface area contributed by atoms with Crippen LogP contribution in [-0.4, -0.2) is 30.9 Å². The van der Waals surface area contributed by atoms with E-state index in [1.54, 1.807) is 0 Å². The Hall–Kier alpha value is -2.10. The molecule has 0 aromatic carbocycles. The normalized spacial score (nSPS) is 8.87. The number of aromatic nitrogens is 4. The number of fused-ring (bicyclic) bond motifs is 1. The summed E-state index contributed by atoms with van der Waals surface area (Å²) in [5.74, 6) is 5.24. The van der Waals surface area contributed by atoms with E-state index in [0.717, 1.165) is 0 Å². The van der Waals surface area contributed by atoms with E-state index < -0.39 is 0 Å². The second-order valence-electron chi connectivity index (χ2n) is 2.29. The molecule has 0 aliphatic rings. The summed E-state index contributed by atoms with van der Waals surface area (Å²) in [5.41, 5.74) is 2.32. The number of nitrogens with zero attached hydrogens (tertiary/aromatic N) is 3. The van der Waals surface area contributed by atoms with E-state index in [1.807, 2.05) is 0 Å². The summed E-state index contributed by atoms with van der Waals surface area (Å²) in [4.78, 5) is 25.2. The van der Waals surface area contributed by atoms with Gasteiger partial charge in [0.05, 0.1) is 0 Å². The van der Waals surface area contributed by atoms with Gasteiger partial charge in [-0.05, 0) is 0 Å². The Morgan fingerprint density at radius 2 is 1.93 bits per heavy atom. The Kier molecular flexibility index (Phi) is 4.26. The van der Waals surface area contributed by atoms with E-state index in [4.69, 9.17) is 5.84 Å². The Balaban J connectivity index is 0.000000980. The van der Waals surface area contributed by atoms with Crippen LogP contribution in [0.25, 0.3) is 11.2 Å². The van der Waals surface area contributed by atoms with Crippen molar-refractivity contribution in [1.82, 2.24) is 19.9 Å². The van der Waals surface area contributed by atoms with Crippen LogP contribution in [0.4, 0.5) is 5.95 Å². The third kappa shape index (κ3) is 2.22. The van der Waals surface area contributed by atoms with Gasteiger partial charge in [0.1, 0.15) is 0 Å². The van der Waals surface area contributed by atoms with Crippen molar-refractivity contribution in [3.8, 4) is 0 Å². The fraction of sp³-hybridized carbons (Fsp3) is 0. The monoisotopic (exact) mass is 214 g/mol. The first-order valence-corrected chi connectivity index (χ1v) is 3.49. The number of nitrogens with one attached hydrogen (secondary N) is 2. The van der Waals surface area contributed by atoms with Crippen LogP contribution in [0.1, 0.15) is 0 Å². The molecule has 82 valence electrons. The van der Waals surface area contributed by atoms with Crippen molar-refractivity contribution in [3.63, 3.8) is 0 Å². The van der Waals surface area contributed by atoms with Gasteiger partial charge in [-0.3, -0.25) is 15.2 Å². The molecule has 0 atom stereocenters. The molecule has 0 aliphatic carbocycles. The average Bonchev–Trinajstić information content (AvgIpc) is 2.18. The molecule has 8 N–H and O–H groups in total. The summed E-state index contributed by atoms with van der Waals surface area (Å²) < 4.78 is 0. The lowest BCUT2D eigenvalue weighted by molar-refractivity contribution is 0.823. The molecule has 0 unspecified atom stereocenters. The molecule has 9 heteroatoms. The number of hydrogen-bond donors (Lipinski definition) is 3. The summed E-state index contributed by atoms with van der Waals surface area (Å²) in [5, 5.41) is 0. The van der Waals surface area contributed by atoms with Gasteiger partial charge in [0.15, 0.2) is 11.2 Å². The number of anilines is 1. The molecule has 2 rings (SSSR count). The van der Waals surface area contributed by atoms with Gasteiger partial charge in [-0.15, -0.1) is 0 Å². The minimum Gasteiger partial charge on any atom is -0.412 e. The molecule has 2 aromatic rings. The molecule has 9 nitrogen and oxygen atoms in total. The van der Waals surface area contributed by atoms with Crippen LogP contribution in [0.2, 0.25) is 0 Å². The third-order valence-corrected chi connectivity index (χ3v) is 1.48. The largest absolute Gasteiger partial charge is 0.412 e. The topological polar surface area (TPSA) is 173 Å². The first kappa shape index (κ1) is 12.9. The van der Waals surface area contributed by atoms with Crippen LogP contribution in [-0.2, 0) is 0 Å². The highest BCUT2D eigenvalue weighted by Gasteiger charge is 2.03.